The monoisotopic (exact) mass is 248 g/mol. The van der Waals surface area contributed by atoms with E-state index in [9.17, 15) is 0 Å². The highest BCUT2D eigenvalue weighted by molar-refractivity contribution is 5.40. The van der Waals surface area contributed by atoms with Gasteiger partial charge >= 0.3 is 0 Å². The first kappa shape index (κ1) is 13.4. The summed E-state index contributed by atoms with van der Waals surface area (Å²) in [5.74, 6) is 0.653. The fourth-order valence-electron chi connectivity index (χ4n) is 2.85. The van der Waals surface area contributed by atoms with Crippen molar-refractivity contribution in [1.29, 1.82) is 0 Å². The molecule has 0 spiro atoms. The van der Waals surface area contributed by atoms with Gasteiger partial charge < -0.3 is 10.8 Å². The minimum Gasteiger partial charge on any atom is -0.399 e. The molecule has 1 aliphatic heterocycles. The average molecular weight is 248 g/mol. The van der Waals surface area contributed by atoms with Gasteiger partial charge in [-0.3, -0.25) is 4.90 Å². The number of aliphatic hydroxyl groups is 1. The van der Waals surface area contributed by atoms with Crippen molar-refractivity contribution in [1.82, 2.24) is 4.90 Å². The van der Waals surface area contributed by atoms with Crippen LogP contribution < -0.4 is 5.73 Å². The zero-order valence-corrected chi connectivity index (χ0v) is 11.2. The molecule has 3 nitrogen and oxygen atoms in total. The van der Waals surface area contributed by atoms with Gasteiger partial charge in [0.2, 0.25) is 0 Å². The normalized spacial score (nSPS) is 22.9. The molecule has 1 aliphatic rings. The number of aliphatic hydroxyl groups excluding tert-OH is 1. The molecule has 2 rings (SSSR count). The smallest absolute Gasteiger partial charge is 0.0434 e. The highest BCUT2D eigenvalue weighted by atomic mass is 16.3. The molecule has 18 heavy (non-hydrogen) atoms. The molecule has 3 heteroatoms. The van der Waals surface area contributed by atoms with Gasteiger partial charge in [0.25, 0.3) is 0 Å². The first-order chi connectivity index (χ1) is 8.70. The molecule has 0 aliphatic carbocycles. The van der Waals surface area contributed by atoms with Crippen molar-refractivity contribution in [2.45, 2.75) is 32.2 Å². The predicted molar refractivity (Wildman–Crippen MR) is 75.3 cm³/mol. The lowest BCUT2D eigenvalue weighted by atomic mass is 9.93. The summed E-state index contributed by atoms with van der Waals surface area (Å²) in [6.45, 7) is 4.83. The van der Waals surface area contributed by atoms with E-state index in [1.165, 1.54) is 18.4 Å². The van der Waals surface area contributed by atoms with Gasteiger partial charge in [-0.25, -0.2) is 0 Å². The van der Waals surface area contributed by atoms with Crippen molar-refractivity contribution in [3.8, 4) is 0 Å². The predicted octanol–water partition coefficient (Wildman–Crippen LogP) is 2.42. The van der Waals surface area contributed by atoms with Crippen LogP contribution >= 0.6 is 0 Å². The van der Waals surface area contributed by atoms with E-state index in [4.69, 9.17) is 10.8 Å². The molecule has 100 valence electrons. The minimum absolute atomic E-state index is 0.314. The molecule has 3 N–H and O–H groups in total. The molecule has 1 heterocycles. The van der Waals surface area contributed by atoms with Gasteiger partial charge in [-0.2, -0.15) is 0 Å². The summed E-state index contributed by atoms with van der Waals surface area (Å²) in [4.78, 5) is 2.52. The Balaban J connectivity index is 1.99. The Labute approximate surface area is 110 Å². The summed E-state index contributed by atoms with van der Waals surface area (Å²) in [5.41, 5.74) is 7.88. The Bertz CT molecular complexity index is 361. The highest BCUT2D eigenvalue weighted by Crippen LogP contribution is 2.28. The third-order valence-electron chi connectivity index (χ3n) is 4.05. The molecule has 0 radical (unpaired) electrons. The fraction of sp³-hybridized carbons (Fsp3) is 0.600. The van der Waals surface area contributed by atoms with E-state index < -0.39 is 0 Å². The zero-order valence-electron chi connectivity index (χ0n) is 11.2. The van der Waals surface area contributed by atoms with Crippen LogP contribution in [-0.4, -0.2) is 29.7 Å². The van der Waals surface area contributed by atoms with Gasteiger partial charge in [0.15, 0.2) is 0 Å². The maximum absolute atomic E-state index is 9.06. The van der Waals surface area contributed by atoms with E-state index in [1.807, 2.05) is 12.1 Å². The molecule has 1 aromatic carbocycles. The van der Waals surface area contributed by atoms with Crippen molar-refractivity contribution in [2.24, 2.45) is 5.92 Å². The maximum Gasteiger partial charge on any atom is 0.0434 e. The maximum atomic E-state index is 9.06. The molecule has 0 bridgehead atoms. The molecule has 1 saturated heterocycles. The number of nitrogens with zero attached hydrogens (tertiary/aromatic N) is 1. The van der Waals surface area contributed by atoms with Crippen molar-refractivity contribution < 1.29 is 5.11 Å². The first-order valence-electron chi connectivity index (χ1n) is 6.91. The summed E-state index contributed by atoms with van der Waals surface area (Å²) in [6, 6.07) is 8.62. The third-order valence-corrected chi connectivity index (χ3v) is 4.05. The molecule has 0 aromatic heterocycles. The Kier molecular flexibility index (Phi) is 4.61. The van der Waals surface area contributed by atoms with Crippen LogP contribution in [-0.2, 0) is 0 Å². The van der Waals surface area contributed by atoms with Gasteiger partial charge in [0.1, 0.15) is 0 Å². The number of nitrogens with two attached hydrogens (primary N) is 1. The fourth-order valence-corrected chi connectivity index (χ4v) is 2.85. The Morgan fingerprint density at radius 1 is 1.39 bits per heavy atom. The van der Waals surface area contributed by atoms with Crippen LogP contribution in [0.3, 0.4) is 0 Å². The Morgan fingerprint density at radius 2 is 2.11 bits per heavy atom. The summed E-state index contributed by atoms with van der Waals surface area (Å²) in [6.07, 6.45) is 3.43. The summed E-state index contributed by atoms with van der Waals surface area (Å²) in [5, 5.41) is 9.06. The molecule has 1 fully saturated rings. The van der Waals surface area contributed by atoms with E-state index in [0.29, 0.717) is 18.6 Å². The first-order valence-corrected chi connectivity index (χ1v) is 6.91. The summed E-state index contributed by atoms with van der Waals surface area (Å²) >= 11 is 0. The van der Waals surface area contributed by atoms with Crippen LogP contribution in [0.4, 0.5) is 5.69 Å². The number of hydrogen-bond acceptors (Lipinski definition) is 3. The van der Waals surface area contributed by atoms with Gasteiger partial charge in [-0.05, 0) is 56.3 Å². The molecule has 1 aromatic rings. The number of likely N-dealkylation sites (tertiary alicyclic amines) is 1. The van der Waals surface area contributed by atoms with Crippen LogP contribution in [0.1, 0.15) is 37.8 Å². The highest BCUT2D eigenvalue weighted by Gasteiger charge is 2.23. The van der Waals surface area contributed by atoms with E-state index in [1.54, 1.807) is 0 Å². The molecule has 2 unspecified atom stereocenters. The number of hydrogen-bond donors (Lipinski definition) is 2. The van der Waals surface area contributed by atoms with Crippen LogP contribution in [0, 0.1) is 5.92 Å². The Hall–Kier alpha value is -1.06. The largest absolute Gasteiger partial charge is 0.399 e. The van der Waals surface area contributed by atoms with Crippen molar-refractivity contribution in [2.75, 3.05) is 25.4 Å². The van der Waals surface area contributed by atoms with Gasteiger partial charge in [-0.15, -0.1) is 0 Å². The van der Waals surface area contributed by atoms with E-state index in [2.05, 4.69) is 24.0 Å². The molecular formula is C15H24N2O. The summed E-state index contributed by atoms with van der Waals surface area (Å²) < 4.78 is 0. The van der Waals surface area contributed by atoms with E-state index in [0.717, 1.165) is 25.2 Å². The number of benzene rings is 1. The van der Waals surface area contributed by atoms with Crippen molar-refractivity contribution in [3.63, 3.8) is 0 Å². The molecular weight excluding hydrogens is 224 g/mol. The summed E-state index contributed by atoms with van der Waals surface area (Å²) in [7, 11) is 0. The van der Waals surface area contributed by atoms with E-state index in [-0.39, 0.29) is 0 Å². The zero-order chi connectivity index (χ0) is 13.0. The lowest BCUT2D eigenvalue weighted by molar-refractivity contribution is 0.114. The number of rotatable bonds is 4. The van der Waals surface area contributed by atoms with Gasteiger partial charge in [0.05, 0.1) is 0 Å². The number of nitrogen functional groups attached to an aromatic ring is 1. The second-order valence-electron chi connectivity index (χ2n) is 5.36. The van der Waals surface area contributed by atoms with E-state index >= 15 is 0 Å². The molecule has 2 atom stereocenters. The lowest BCUT2D eigenvalue weighted by Gasteiger charge is -2.37. The lowest BCUT2D eigenvalue weighted by Crippen LogP contribution is -2.37. The number of piperidine rings is 1. The van der Waals surface area contributed by atoms with Crippen LogP contribution in [0.15, 0.2) is 24.3 Å². The van der Waals surface area contributed by atoms with Crippen LogP contribution in [0.2, 0.25) is 0 Å². The van der Waals surface area contributed by atoms with Crippen molar-refractivity contribution >= 4 is 5.69 Å². The average Bonchev–Trinajstić information content (AvgIpc) is 2.39. The van der Waals surface area contributed by atoms with Crippen molar-refractivity contribution in [3.05, 3.63) is 29.8 Å². The van der Waals surface area contributed by atoms with Crippen LogP contribution in [0.25, 0.3) is 0 Å². The molecule has 0 amide bonds. The van der Waals surface area contributed by atoms with Gasteiger partial charge in [-0.1, -0.05) is 12.1 Å². The minimum atomic E-state index is 0.314. The topological polar surface area (TPSA) is 49.5 Å². The Morgan fingerprint density at radius 3 is 2.78 bits per heavy atom. The second-order valence-corrected chi connectivity index (χ2v) is 5.36. The SMILES string of the molecule is CC(c1ccc(N)cc1)N1CCCC(CCO)C1. The second kappa shape index (κ2) is 6.21. The quantitative estimate of drug-likeness (QED) is 0.805. The number of anilines is 1. The van der Waals surface area contributed by atoms with Gasteiger partial charge in [0, 0.05) is 24.9 Å². The third kappa shape index (κ3) is 3.24. The standard InChI is InChI=1S/C15H24N2O/c1-12(14-4-6-15(16)7-5-14)17-9-2-3-13(11-17)8-10-18/h4-7,12-13,18H,2-3,8-11,16H2,1H3. The van der Waals surface area contributed by atoms with Crippen LogP contribution in [0.5, 0.6) is 0 Å². The molecule has 0 saturated carbocycles.